The fourth-order valence-corrected chi connectivity index (χ4v) is 3.84. The number of aromatic nitrogens is 3. The number of hydrogen-bond acceptors (Lipinski definition) is 4. The second-order valence-corrected chi connectivity index (χ2v) is 7.39. The Bertz CT molecular complexity index is 965. The minimum absolute atomic E-state index is 0.00460. The first-order valence-electron chi connectivity index (χ1n) is 9.43. The highest BCUT2D eigenvalue weighted by Crippen LogP contribution is 2.35. The number of nitrogens with zero attached hydrogens (tertiary/aromatic N) is 5. The van der Waals surface area contributed by atoms with Gasteiger partial charge in [-0.15, -0.1) is 0 Å². The van der Waals surface area contributed by atoms with Crippen molar-refractivity contribution in [2.45, 2.75) is 20.3 Å². The molecule has 6 heteroatoms. The molecule has 0 unspecified atom stereocenters. The third-order valence-electron chi connectivity index (χ3n) is 5.21. The molecule has 1 aliphatic rings. The first kappa shape index (κ1) is 19.6. The largest absolute Gasteiger partial charge is 0.338 e. The zero-order valence-corrected chi connectivity index (χ0v) is 16.6. The van der Waals surface area contributed by atoms with E-state index in [1.807, 2.05) is 24.0 Å². The van der Waals surface area contributed by atoms with Crippen molar-refractivity contribution < 1.29 is 4.79 Å². The lowest BCUT2D eigenvalue weighted by molar-refractivity contribution is 0.0647. The van der Waals surface area contributed by atoms with Crippen molar-refractivity contribution in [3.8, 4) is 6.07 Å². The summed E-state index contributed by atoms with van der Waals surface area (Å²) in [6.07, 6.45) is 7.75. The Kier molecular flexibility index (Phi) is 5.74. The van der Waals surface area contributed by atoms with Crippen LogP contribution in [0.3, 0.4) is 0 Å². The third kappa shape index (κ3) is 3.89. The average Bonchev–Trinajstić information content (AvgIpc) is 3.14. The second-order valence-electron chi connectivity index (χ2n) is 7.39. The Morgan fingerprint density at radius 1 is 1.43 bits per heavy atom. The van der Waals surface area contributed by atoms with Crippen molar-refractivity contribution in [2.24, 2.45) is 18.9 Å². The van der Waals surface area contributed by atoms with Crippen molar-refractivity contribution in [3.05, 3.63) is 60.2 Å². The van der Waals surface area contributed by atoms with Crippen molar-refractivity contribution in [1.82, 2.24) is 19.7 Å². The molecule has 1 saturated heterocycles. The first-order valence-corrected chi connectivity index (χ1v) is 9.43. The summed E-state index contributed by atoms with van der Waals surface area (Å²) in [4.78, 5) is 19.2. The average molecular weight is 375 g/mol. The van der Waals surface area contributed by atoms with Gasteiger partial charge in [0.05, 0.1) is 23.0 Å². The fourth-order valence-electron chi connectivity index (χ4n) is 3.84. The van der Waals surface area contributed by atoms with Crippen LogP contribution in [0.15, 0.2) is 43.4 Å². The third-order valence-corrected chi connectivity index (χ3v) is 5.21. The minimum Gasteiger partial charge on any atom is -0.338 e. The zero-order chi connectivity index (χ0) is 20.3. The van der Waals surface area contributed by atoms with Crippen LogP contribution >= 0.6 is 0 Å². The number of aryl methyl sites for hydroxylation is 1. The molecule has 2 atom stereocenters. The number of rotatable bonds is 4. The number of allylic oxidation sites excluding steroid dienone is 2. The van der Waals surface area contributed by atoms with E-state index in [2.05, 4.69) is 29.7 Å². The molecule has 144 valence electrons. The molecule has 0 N–H and O–H groups in total. The van der Waals surface area contributed by atoms with Crippen LogP contribution in [0.1, 0.15) is 41.9 Å². The SMILES string of the molecule is C=C(c1cccnc1/C(C#N)=C\C)[C@H]1C[C@@H](C)CN(C(=O)c2cnn(C)c2)C1. The zero-order valence-electron chi connectivity index (χ0n) is 16.6. The molecule has 0 aliphatic carbocycles. The summed E-state index contributed by atoms with van der Waals surface area (Å²) >= 11 is 0. The van der Waals surface area contributed by atoms with Gasteiger partial charge in [0.25, 0.3) is 5.91 Å². The number of likely N-dealkylation sites (tertiary alicyclic amines) is 1. The van der Waals surface area contributed by atoms with E-state index in [0.29, 0.717) is 29.3 Å². The fraction of sp³-hybridized carbons (Fsp3) is 0.364. The van der Waals surface area contributed by atoms with Gasteiger partial charge in [0, 0.05) is 44.0 Å². The Hall–Kier alpha value is -3.20. The number of piperidine rings is 1. The van der Waals surface area contributed by atoms with Crippen LogP contribution in [-0.4, -0.2) is 38.7 Å². The maximum Gasteiger partial charge on any atom is 0.257 e. The highest BCUT2D eigenvalue weighted by Gasteiger charge is 2.31. The van der Waals surface area contributed by atoms with Crippen molar-refractivity contribution in [2.75, 3.05) is 13.1 Å². The van der Waals surface area contributed by atoms with Gasteiger partial charge < -0.3 is 4.90 Å². The maximum absolute atomic E-state index is 12.9. The van der Waals surface area contributed by atoms with Gasteiger partial charge >= 0.3 is 0 Å². The Balaban J connectivity index is 1.87. The second kappa shape index (κ2) is 8.22. The topological polar surface area (TPSA) is 74.8 Å². The van der Waals surface area contributed by atoms with Gasteiger partial charge in [-0.05, 0) is 30.9 Å². The molecule has 0 spiro atoms. The van der Waals surface area contributed by atoms with Gasteiger partial charge in [-0.3, -0.25) is 14.5 Å². The number of hydrogen-bond donors (Lipinski definition) is 0. The Morgan fingerprint density at radius 2 is 2.21 bits per heavy atom. The lowest BCUT2D eigenvalue weighted by atomic mass is 9.82. The first-order chi connectivity index (χ1) is 13.4. The highest BCUT2D eigenvalue weighted by molar-refractivity contribution is 5.94. The number of amides is 1. The normalized spacial score (nSPS) is 19.9. The molecule has 0 bridgehead atoms. The monoisotopic (exact) mass is 375 g/mol. The van der Waals surface area contributed by atoms with Gasteiger partial charge in [0.15, 0.2) is 0 Å². The van der Waals surface area contributed by atoms with E-state index in [4.69, 9.17) is 0 Å². The van der Waals surface area contributed by atoms with Crippen LogP contribution in [-0.2, 0) is 7.05 Å². The lowest BCUT2D eigenvalue weighted by Crippen LogP contribution is -2.43. The summed E-state index contributed by atoms with van der Waals surface area (Å²) in [7, 11) is 1.80. The smallest absolute Gasteiger partial charge is 0.257 e. The number of nitriles is 1. The summed E-state index contributed by atoms with van der Waals surface area (Å²) in [6.45, 7) is 9.64. The Morgan fingerprint density at radius 3 is 2.86 bits per heavy atom. The maximum atomic E-state index is 12.9. The molecular weight excluding hydrogens is 350 g/mol. The van der Waals surface area contributed by atoms with Crippen molar-refractivity contribution in [3.63, 3.8) is 0 Å². The predicted octanol–water partition coefficient (Wildman–Crippen LogP) is 3.55. The quantitative estimate of drug-likeness (QED) is 0.766. The molecule has 0 aromatic carbocycles. The van der Waals surface area contributed by atoms with E-state index in [1.165, 1.54) is 0 Å². The van der Waals surface area contributed by atoms with Crippen LogP contribution < -0.4 is 0 Å². The molecule has 1 amide bonds. The molecular formula is C22H25N5O. The summed E-state index contributed by atoms with van der Waals surface area (Å²) in [5.41, 5.74) is 3.59. The molecule has 6 nitrogen and oxygen atoms in total. The Labute approximate surface area is 165 Å². The van der Waals surface area contributed by atoms with Crippen molar-refractivity contribution >= 4 is 17.1 Å². The lowest BCUT2D eigenvalue weighted by Gasteiger charge is -2.37. The summed E-state index contributed by atoms with van der Waals surface area (Å²) < 4.78 is 1.64. The molecule has 3 rings (SSSR count). The number of carbonyl (C=O) groups is 1. The standard InChI is InChI=1S/C22H25N5O/c1-5-17(10-23)21-20(7-6-8-24-21)16(3)18-9-15(2)12-27(14-18)22(28)19-11-25-26(4)13-19/h5-8,11,13,15,18H,3,9,12,14H2,1-2,4H3/b17-5-/t15-,18+/m1/s1. The summed E-state index contributed by atoms with van der Waals surface area (Å²) in [5.74, 6) is 0.465. The van der Waals surface area contributed by atoms with E-state index in [-0.39, 0.29) is 11.8 Å². The molecule has 0 saturated carbocycles. The van der Waals surface area contributed by atoms with E-state index in [0.717, 1.165) is 24.1 Å². The van der Waals surface area contributed by atoms with Crippen LogP contribution in [0.4, 0.5) is 0 Å². The molecule has 28 heavy (non-hydrogen) atoms. The van der Waals surface area contributed by atoms with E-state index >= 15 is 0 Å². The molecule has 0 radical (unpaired) electrons. The molecule has 1 aliphatic heterocycles. The van der Waals surface area contributed by atoms with E-state index < -0.39 is 0 Å². The molecule has 2 aromatic rings. The van der Waals surface area contributed by atoms with Gasteiger partial charge in [0.2, 0.25) is 0 Å². The van der Waals surface area contributed by atoms with Crippen LogP contribution in [0.2, 0.25) is 0 Å². The van der Waals surface area contributed by atoms with E-state index in [9.17, 15) is 10.1 Å². The minimum atomic E-state index is -0.00460. The van der Waals surface area contributed by atoms with Crippen LogP contribution in [0.25, 0.3) is 11.1 Å². The van der Waals surface area contributed by atoms with Gasteiger partial charge in [-0.2, -0.15) is 10.4 Å². The van der Waals surface area contributed by atoms with Gasteiger partial charge in [0.1, 0.15) is 6.07 Å². The van der Waals surface area contributed by atoms with Gasteiger partial charge in [-0.25, -0.2) is 0 Å². The van der Waals surface area contributed by atoms with Crippen molar-refractivity contribution in [1.29, 1.82) is 5.26 Å². The number of carbonyl (C=O) groups excluding carboxylic acids is 1. The highest BCUT2D eigenvalue weighted by atomic mass is 16.2. The molecule has 3 heterocycles. The molecule has 1 fully saturated rings. The summed E-state index contributed by atoms with van der Waals surface area (Å²) in [6, 6.07) is 6.03. The van der Waals surface area contributed by atoms with Crippen LogP contribution in [0.5, 0.6) is 0 Å². The van der Waals surface area contributed by atoms with E-state index in [1.54, 1.807) is 36.4 Å². The predicted molar refractivity (Wildman–Crippen MR) is 109 cm³/mol. The summed E-state index contributed by atoms with van der Waals surface area (Å²) in [5, 5.41) is 13.5. The van der Waals surface area contributed by atoms with Gasteiger partial charge in [-0.1, -0.05) is 25.6 Å². The number of pyridine rings is 1. The molecule has 2 aromatic heterocycles. The van der Waals surface area contributed by atoms with Crippen LogP contribution in [0, 0.1) is 23.2 Å².